The molecule has 2 heterocycles. The molecule has 0 unspecified atom stereocenters. The van der Waals surface area contributed by atoms with Crippen molar-refractivity contribution in [3.05, 3.63) is 78.3 Å². The first-order valence-corrected chi connectivity index (χ1v) is 12.0. The lowest BCUT2D eigenvalue weighted by molar-refractivity contribution is -0.135. The summed E-state index contributed by atoms with van der Waals surface area (Å²) in [5.74, 6) is 0.135. The van der Waals surface area contributed by atoms with E-state index in [1.165, 1.54) is 6.26 Å². The first kappa shape index (κ1) is 25.0. The first-order valence-electron chi connectivity index (χ1n) is 12.0. The smallest absolute Gasteiger partial charge is 0.291 e. The summed E-state index contributed by atoms with van der Waals surface area (Å²) in [6.45, 7) is 4.52. The van der Waals surface area contributed by atoms with Gasteiger partial charge in [0.2, 0.25) is 5.91 Å². The van der Waals surface area contributed by atoms with Crippen molar-refractivity contribution in [2.45, 2.75) is 13.3 Å². The average Bonchev–Trinajstić information content (AvgIpc) is 3.44. The van der Waals surface area contributed by atoms with Crippen molar-refractivity contribution in [1.82, 2.24) is 9.80 Å². The summed E-state index contributed by atoms with van der Waals surface area (Å²) in [6, 6.07) is 17.9. The lowest BCUT2D eigenvalue weighted by atomic mass is 10.1. The van der Waals surface area contributed by atoms with Crippen LogP contribution in [0.25, 0.3) is 0 Å². The first-order chi connectivity index (χ1) is 17.5. The zero-order chi connectivity index (χ0) is 25.3. The predicted molar refractivity (Wildman–Crippen MR) is 136 cm³/mol. The van der Waals surface area contributed by atoms with Crippen LogP contribution in [0, 0.1) is 0 Å². The molecule has 0 bridgehead atoms. The molecule has 0 saturated carbocycles. The third-order valence-corrected chi connectivity index (χ3v) is 5.96. The molecule has 0 aliphatic carbocycles. The minimum Gasteiger partial charge on any atom is -0.484 e. The summed E-state index contributed by atoms with van der Waals surface area (Å²) in [4.78, 5) is 41.1. The van der Waals surface area contributed by atoms with Crippen LogP contribution in [-0.2, 0) is 16.0 Å². The number of rotatable bonds is 9. The van der Waals surface area contributed by atoms with Gasteiger partial charge in [-0.05, 0) is 42.3 Å². The quantitative estimate of drug-likeness (QED) is 0.477. The van der Waals surface area contributed by atoms with Crippen LogP contribution in [0.15, 0.2) is 71.3 Å². The molecule has 0 radical (unpaired) electrons. The van der Waals surface area contributed by atoms with Gasteiger partial charge in [0, 0.05) is 43.6 Å². The van der Waals surface area contributed by atoms with Gasteiger partial charge in [-0.1, -0.05) is 31.2 Å². The van der Waals surface area contributed by atoms with Crippen LogP contribution in [0.5, 0.6) is 5.75 Å². The highest BCUT2D eigenvalue weighted by atomic mass is 16.5. The third kappa shape index (κ3) is 6.73. The second-order valence-electron chi connectivity index (χ2n) is 8.46. The number of piperazine rings is 1. The molecule has 1 aliphatic rings. The Morgan fingerprint density at radius 1 is 0.944 bits per heavy atom. The van der Waals surface area contributed by atoms with Crippen molar-refractivity contribution >= 4 is 29.1 Å². The number of furan rings is 1. The maximum absolute atomic E-state index is 12.7. The number of hydrogen-bond donors (Lipinski definition) is 2. The summed E-state index contributed by atoms with van der Waals surface area (Å²) in [5, 5.41) is 5.72. The summed E-state index contributed by atoms with van der Waals surface area (Å²) in [7, 11) is 0. The van der Waals surface area contributed by atoms with E-state index in [4.69, 9.17) is 9.15 Å². The normalized spacial score (nSPS) is 13.8. The Morgan fingerprint density at radius 3 is 2.50 bits per heavy atom. The van der Waals surface area contributed by atoms with Crippen LogP contribution in [0.4, 0.5) is 11.4 Å². The Labute approximate surface area is 210 Å². The van der Waals surface area contributed by atoms with Gasteiger partial charge in [-0.25, -0.2) is 0 Å². The van der Waals surface area contributed by atoms with E-state index >= 15 is 0 Å². The number of carbonyl (C=O) groups excluding carboxylic acids is 3. The number of para-hydroxylation sites is 1. The highest BCUT2D eigenvalue weighted by Gasteiger charge is 2.23. The van der Waals surface area contributed by atoms with Gasteiger partial charge in [0.05, 0.1) is 12.8 Å². The number of anilines is 2. The highest BCUT2D eigenvalue weighted by molar-refractivity contribution is 6.02. The monoisotopic (exact) mass is 490 g/mol. The molecule has 188 valence electrons. The van der Waals surface area contributed by atoms with Gasteiger partial charge in [0.15, 0.2) is 12.4 Å². The number of aryl methyl sites for hydroxylation is 1. The summed E-state index contributed by atoms with van der Waals surface area (Å²) < 4.78 is 10.8. The van der Waals surface area contributed by atoms with Gasteiger partial charge in [0.25, 0.3) is 11.8 Å². The average molecular weight is 491 g/mol. The molecular weight excluding hydrogens is 460 g/mol. The molecule has 1 aromatic heterocycles. The van der Waals surface area contributed by atoms with E-state index in [1.807, 2.05) is 29.2 Å². The van der Waals surface area contributed by atoms with Crippen LogP contribution in [0.1, 0.15) is 23.0 Å². The summed E-state index contributed by atoms with van der Waals surface area (Å²) in [5.41, 5.74) is 2.49. The molecule has 0 atom stereocenters. The zero-order valence-electron chi connectivity index (χ0n) is 20.2. The Hall–Kier alpha value is -4.11. The van der Waals surface area contributed by atoms with Crippen molar-refractivity contribution in [3.8, 4) is 5.75 Å². The van der Waals surface area contributed by atoms with E-state index in [2.05, 4.69) is 17.6 Å². The predicted octanol–water partition coefficient (Wildman–Crippen LogP) is 3.26. The molecule has 2 aromatic carbocycles. The fraction of sp³-hybridized carbons (Fsp3) is 0.296. The van der Waals surface area contributed by atoms with E-state index < -0.39 is 0 Å². The molecular formula is C27H30N4O5. The number of amides is 3. The van der Waals surface area contributed by atoms with Crippen LogP contribution in [-0.4, -0.2) is 66.9 Å². The van der Waals surface area contributed by atoms with Crippen LogP contribution >= 0.6 is 0 Å². The molecule has 3 amide bonds. The maximum Gasteiger partial charge on any atom is 0.291 e. The van der Waals surface area contributed by atoms with Crippen LogP contribution in [0.2, 0.25) is 0 Å². The van der Waals surface area contributed by atoms with Gasteiger partial charge in [-0.2, -0.15) is 0 Å². The van der Waals surface area contributed by atoms with Crippen molar-refractivity contribution in [1.29, 1.82) is 0 Å². The molecule has 3 aromatic rings. The zero-order valence-corrected chi connectivity index (χ0v) is 20.2. The van der Waals surface area contributed by atoms with Crippen molar-refractivity contribution in [2.75, 3.05) is 50.0 Å². The minimum absolute atomic E-state index is 0.0574. The molecule has 2 N–H and O–H groups in total. The highest BCUT2D eigenvalue weighted by Crippen LogP contribution is 2.19. The van der Waals surface area contributed by atoms with Gasteiger partial charge in [-0.15, -0.1) is 0 Å². The van der Waals surface area contributed by atoms with Gasteiger partial charge in [-0.3, -0.25) is 19.3 Å². The number of ether oxygens (including phenoxy) is 1. The standard InChI is InChI=1S/C27H30N4O5/c1-2-20-7-3-4-10-23(20)29-25(32)18-30-12-14-31(15-13-30)26(33)19-36-22-9-5-8-21(17-22)28-27(34)24-11-6-16-35-24/h3-11,16-17H,2,12-15,18-19H2,1H3,(H,28,34)(H,29,32). The number of hydrogen-bond acceptors (Lipinski definition) is 6. The molecule has 1 saturated heterocycles. The molecule has 1 aliphatic heterocycles. The summed E-state index contributed by atoms with van der Waals surface area (Å²) >= 11 is 0. The van der Waals surface area contributed by atoms with Gasteiger partial charge < -0.3 is 24.7 Å². The van der Waals surface area contributed by atoms with Gasteiger partial charge >= 0.3 is 0 Å². The molecule has 0 spiro atoms. The Morgan fingerprint density at radius 2 is 1.75 bits per heavy atom. The van der Waals surface area contributed by atoms with Gasteiger partial charge in [0.1, 0.15) is 5.75 Å². The van der Waals surface area contributed by atoms with E-state index in [1.54, 1.807) is 41.3 Å². The fourth-order valence-electron chi connectivity index (χ4n) is 4.00. The lowest BCUT2D eigenvalue weighted by Gasteiger charge is -2.34. The van der Waals surface area contributed by atoms with E-state index in [0.29, 0.717) is 37.6 Å². The Bertz CT molecular complexity index is 1190. The van der Waals surface area contributed by atoms with Crippen molar-refractivity contribution in [2.24, 2.45) is 0 Å². The molecule has 1 fully saturated rings. The molecule has 36 heavy (non-hydrogen) atoms. The van der Waals surface area contributed by atoms with E-state index in [-0.39, 0.29) is 36.6 Å². The fourth-order valence-corrected chi connectivity index (χ4v) is 4.00. The van der Waals surface area contributed by atoms with Crippen molar-refractivity contribution < 1.29 is 23.5 Å². The second kappa shape index (κ2) is 12.0. The third-order valence-electron chi connectivity index (χ3n) is 5.96. The molecule has 9 heteroatoms. The molecule has 9 nitrogen and oxygen atoms in total. The second-order valence-corrected chi connectivity index (χ2v) is 8.46. The number of nitrogens with one attached hydrogen (secondary N) is 2. The van der Waals surface area contributed by atoms with Crippen molar-refractivity contribution in [3.63, 3.8) is 0 Å². The lowest BCUT2D eigenvalue weighted by Crippen LogP contribution is -2.51. The number of nitrogens with zero attached hydrogens (tertiary/aromatic N) is 2. The van der Waals surface area contributed by atoms with E-state index in [0.717, 1.165) is 17.7 Å². The molecule has 4 rings (SSSR count). The SMILES string of the molecule is CCc1ccccc1NC(=O)CN1CCN(C(=O)COc2cccc(NC(=O)c3ccco3)c2)CC1. The number of carbonyl (C=O) groups is 3. The minimum atomic E-state index is -0.366. The van der Waals surface area contributed by atoms with E-state index in [9.17, 15) is 14.4 Å². The van der Waals surface area contributed by atoms with Crippen LogP contribution in [0.3, 0.4) is 0 Å². The summed E-state index contributed by atoms with van der Waals surface area (Å²) in [6.07, 6.45) is 2.28. The largest absolute Gasteiger partial charge is 0.484 e. The van der Waals surface area contributed by atoms with Crippen LogP contribution < -0.4 is 15.4 Å². The maximum atomic E-state index is 12.7. The topological polar surface area (TPSA) is 104 Å². The number of benzene rings is 2. The Kier molecular flexibility index (Phi) is 8.36. The Balaban J connectivity index is 1.20.